The number of halogens is 1. The summed E-state index contributed by atoms with van der Waals surface area (Å²) >= 11 is 0. The Bertz CT molecular complexity index is 1370. The van der Waals surface area contributed by atoms with Gasteiger partial charge in [-0.3, -0.25) is 9.20 Å². The highest BCUT2D eigenvalue weighted by Crippen LogP contribution is 2.26. The Labute approximate surface area is 178 Å². The van der Waals surface area contributed by atoms with E-state index in [2.05, 4.69) is 9.97 Å². The van der Waals surface area contributed by atoms with Crippen molar-refractivity contribution in [2.75, 3.05) is 7.11 Å². The van der Waals surface area contributed by atoms with Gasteiger partial charge in [-0.25, -0.2) is 22.8 Å². The van der Waals surface area contributed by atoms with Gasteiger partial charge in [-0.15, -0.1) is 0 Å². The number of ether oxygens (including phenoxy) is 1. The van der Waals surface area contributed by atoms with Crippen molar-refractivity contribution in [2.45, 2.75) is 22.6 Å². The predicted molar refractivity (Wildman–Crippen MR) is 110 cm³/mol. The molecule has 0 saturated heterocycles. The van der Waals surface area contributed by atoms with Crippen molar-refractivity contribution in [1.82, 2.24) is 14.4 Å². The van der Waals surface area contributed by atoms with Crippen molar-refractivity contribution < 1.29 is 22.3 Å². The fraction of sp³-hybridized carbons (Fsp3) is 0.136. The molecule has 0 spiro atoms. The van der Waals surface area contributed by atoms with Gasteiger partial charge in [0.05, 0.1) is 22.5 Å². The summed E-state index contributed by atoms with van der Waals surface area (Å²) in [5.74, 6) is -0.325. The zero-order valence-electron chi connectivity index (χ0n) is 16.5. The molecule has 0 bridgehead atoms. The van der Waals surface area contributed by atoms with E-state index in [0.29, 0.717) is 17.8 Å². The van der Waals surface area contributed by atoms with Gasteiger partial charge in [-0.2, -0.15) is 0 Å². The largest absolute Gasteiger partial charge is 0.494 e. The SMILES string of the molecule is COc1cc(S(=O)(=O)c2ccc(CCC(=O)c3cnc4nccn4c3)cc2)ccc1F. The van der Waals surface area contributed by atoms with Gasteiger partial charge in [0.15, 0.2) is 17.3 Å². The molecule has 9 heteroatoms. The zero-order chi connectivity index (χ0) is 22.0. The first-order valence-electron chi connectivity index (χ1n) is 9.38. The van der Waals surface area contributed by atoms with Crippen molar-refractivity contribution in [3.63, 3.8) is 0 Å². The molecule has 0 amide bonds. The van der Waals surface area contributed by atoms with E-state index in [0.717, 1.165) is 17.7 Å². The molecule has 0 aliphatic rings. The van der Waals surface area contributed by atoms with Crippen molar-refractivity contribution in [3.05, 3.63) is 84.2 Å². The summed E-state index contributed by atoms with van der Waals surface area (Å²) < 4.78 is 45.8. The van der Waals surface area contributed by atoms with Gasteiger partial charge in [0, 0.05) is 37.3 Å². The second-order valence-corrected chi connectivity index (χ2v) is 8.79. The van der Waals surface area contributed by atoms with Crippen molar-refractivity contribution in [3.8, 4) is 5.75 Å². The van der Waals surface area contributed by atoms with Crippen LogP contribution in [0.4, 0.5) is 4.39 Å². The first kappa shape index (κ1) is 20.7. The lowest BCUT2D eigenvalue weighted by atomic mass is 10.0. The smallest absolute Gasteiger partial charge is 0.233 e. The third-order valence-corrected chi connectivity index (χ3v) is 6.64. The van der Waals surface area contributed by atoms with Crippen LogP contribution in [0.25, 0.3) is 5.78 Å². The Morgan fingerprint density at radius 2 is 1.84 bits per heavy atom. The predicted octanol–water partition coefficient (Wildman–Crippen LogP) is 3.53. The molecule has 31 heavy (non-hydrogen) atoms. The summed E-state index contributed by atoms with van der Waals surface area (Å²) in [7, 11) is -2.55. The molecule has 2 aromatic carbocycles. The van der Waals surface area contributed by atoms with E-state index >= 15 is 0 Å². The minimum atomic E-state index is -3.83. The molecule has 0 radical (unpaired) electrons. The first-order valence-corrected chi connectivity index (χ1v) is 10.9. The molecule has 0 aliphatic heterocycles. The molecule has 2 heterocycles. The number of ketones is 1. The number of imidazole rings is 1. The Balaban J connectivity index is 1.47. The number of Topliss-reactive ketones (excluding diaryl/α,β-unsaturated/α-hetero) is 1. The number of benzene rings is 2. The number of rotatable bonds is 7. The van der Waals surface area contributed by atoms with Gasteiger partial charge >= 0.3 is 0 Å². The maximum Gasteiger partial charge on any atom is 0.233 e. The van der Waals surface area contributed by atoms with Gasteiger partial charge < -0.3 is 4.74 Å². The van der Waals surface area contributed by atoms with Crippen LogP contribution in [0.2, 0.25) is 0 Å². The summed E-state index contributed by atoms with van der Waals surface area (Å²) in [5, 5.41) is 0. The summed E-state index contributed by atoms with van der Waals surface area (Å²) in [6.07, 6.45) is 7.21. The first-order chi connectivity index (χ1) is 14.9. The minimum Gasteiger partial charge on any atom is -0.494 e. The molecule has 0 atom stereocenters. The van der Waals surface area contributed by atoms with Crippen molar-refractivity contribution >= 4 is 21.4 Å². The number of methoxy groups -OCH3 is 1. The van der Waals surface area contributed by atoms with E-state index in [9.17, 15) is 17.6 Å². The molecule has 0 fully saturated rings. The summed E-state index contributed by atoms with van der Waals surface area (Å²) in [4.78, 5) is 20.7. The van der Waals surface area contributed by atoms with E-state index in [-0.39, 0.29) is 27.7 Å². The second-order valence-electron chi connectivity index (χ2n) is 6.84. The van der Waals surface area contributed by atoms with Crippen molar-refractivity contribution in [1.29, 1.82) is 0 Å². The van der Waals surface area contributed by atoms with Crippen molar-refractivity contribution in [2.24, 2.45) is 0 Å². The Morgan fingerprint density at radius 1 is 1.10 bits per heavy atom. The fourth-order valence-corrected chi connectivity index (χ4v) is 4.42. The van der Waals surface area contributed by atoms with Crippen LogP contribution in [0.5, 0.6) is 5.75 Å². The standard InChI is InChI=1S/C22H18FN3O4S/c1-30-21-12-18(7-8-19(21)23)31(28,29)17-5-2-15(3-6-17)4-9-20(27)16-13-25-22-24-10-11-26(22)14-16/h2-3,5-8,10-14H,4,9H2,1H3. The molecule has 2 aromatic heterocycles. The average molecular weight is 439 g/mol. The Hall–Kier alpha value is -3.59. The number of aryl methyl sites for hydroxylation is 1. The monoisotopic (exact) mass is 439 g/mol. The van der Waals surface area contributed by atoms with E-state index in [1.54, 1.807) is 35.1 Å². The van der Waals surface area contributed by atoms with Crippen LogP contribution in [0.15, 0.2) is 77.0 Å². The summed E-state index contributed by atoms with van der Waals surface area (Å²) in [6, 6.07) is 9.69. The molecule has 0 saturated carbocycles. The number of sulfone groups is 1. The lowest BCUT2D eigenvalue weighted by molar-refractivity contribution is 0.0982. The normalized spacial score (nSPS) is 11.5. The molecule has 4 rings (SSSR count). The van der Waals surface area contributed by atoms with E-state index < -0.39 is 15.7 Å². The second kappa shape index (κ2) is 8.27. The summed E-state index contributed by atoms with van der Waals surface area (Å²) in [5.41, 5.74) is 1.30. The number of nitrogens with zero attached hydrogens (tertiary/aromatic N) is 3. The molecular formula is C22H18FN3O4S. The van der Waals surface area contributed by atoms with Gasteiger partial charge in [0.2, 0.25) is 15.6 Å². The maximum absolute atomic E-state index is 13.6. The molecule has 7 nitrogen and oxygen atoms in total. The molecular weight excluding hydrogens is 421 g/mol. The number of carbonyl (C=O) groups excluding carboxylic acids is 1. The van der Waals surface area contributed by atoms with Crippen LogP contribution < -0.4 is 4.74 Å². The number of fused-ring (bicyclic) bond motifs is 1. The van der Waals surface area contributed by atoms with Gasteiger partial charge in [0.1, 0.15) is 0 Å². The van der Waals surface area contributed by atoms with Gasteiger partial charge in [-0.1, -0.05) is 12.1 Å². The molecule has 0 aliphatic carbocycles. The Morgan fingerprint density at radius 3 is 2.58 bits per heavy atom. The average Bonchev–Trinajstić information content (AvgIpc) is 3.26. The van der Waals surface area contributed by atoms with E-state index in [1.807, 2.05) is 0 Å². The van der Waals surface area contributed by atoms with E-state index in [4.69, 9.17) is 4.74 Å². The number of hydrogen-bond donors (Lipinski definition) is 0. The van der Waals surface area contributed by atoms with Gasteiger partial charge in [-0.05, 0) is 36.2 Å². The highest BCUT2D eigenvalue weighted by molar-refractivity contribution is 7.91. The maximum atomic E-state index is 13.6. The lowest BCUT2D eigenvalue weighted by Gasteiger charge is -2.08. The van der Waals surface area contributed by atoms with Crippen LogP contribution in [0, 0.1) is 5.82 Å². The number of hydrogen-bond acceptors (Lipinski definition) is 6. The van der Waals surface area contributed by atoms with Gasteiger partial charge in [0.25, 0.3) is 0 Å². The fourth-order valence-electron chi connectivity index (χ4n) is 3.14. The van der Waals surface area contributed by atoms with Crippen LogP contribution >= 0.6 is 0 Å². The third-order valence-electron chi connectivity index (χ3n) is 4.87. The van der Waals surface area contributed by atoms with Crippen LogP contribution in [-0.2, 0) is 16.3 Å². The molecule has 0 unspecified atom stereocenters. The zero-order valence-corrected chi connectivity index (χ0v) is 17.3. The molecule has 0 N–H and O–H groups in total. The van der Waals surface area contributed by atoms with Crippen LogP contribution in [-0.4, -0.2) is 35.7 Å². The molecule has 158 valence electrons. The number of aromatic nitrogens is 3. The highest BCUT2D eigenvalue weighted by atomic mass is 32.2. The summed E-state index contributed by atoms with van der Waals surface area (Å²) in [6.45, 7) is 0. The van der Waals surface area contributed by atoms with Crippen LogP contribution in [0.3, 0.4) is 0 Å². The Kier molecular flexibility index (Phi) is 5.51. The molecule has 4 aromatic rings. The highest BCUT2D eigenvalue weighted by Gasteiger charge is 2.20. The minimum absolute atomic E-state index is 0.0592. The van der Waals surface area contributed by atoms with Crippen LogP contribution in [0.1, 0.15) is 22.3 Å². The number of carbonyl (C=O) groups is 1. The third kappa shape index (κ3) is 4.17. The quantitative estimate of drug-likeness (QED) is 0.323. The topological polar surface area (TPSA) is 90.6 Å². The lowest BCUT2D eigenvalue weighted by Crippen LogP contribution is -2.05. The van der Waals surface area contributed by atoms with E-state index in [1.165, 1.54) is 31.5 Å².